The van der Waals surface area contributed by atoms with Crippen molar-refractivity contribution in [1.82, 2.24) is 15.8 Å². The number of hydroxylamine groups is 1. The van der Waals surface area contributed by atoms with Crippen molar-refractivity contribution < 1.29 is 14.8 Å². The van der Waals surface area contributed by atoms with Crippen LogP contribution in [0, 0.1) is 0 Å². The minimum atomic E-state index is -0.355. The lowest BCUT2D eigenvalue weighted by Gasteiger charge is -2.35. The van der Waals surface area contributed by atoms with Crippen LogP contribution in [0.2, 0.25) is 0 Å². The zero-order valence-corrected chi connectivity index (χ0v) is 20.4. The van der Waals surface area contributed by atoms with Crippen LogP contribution in [0.4, 0.5) is 5.69 Å². The number of aromatic nitrogens is 1. The number of thioether (sulfide) groups is 1. The Morgan fingerprint density at radius 3 is 2.76 bits per heavy atom. The highest BCUT2D eigenvalue weighted by atomic mass is 32.2. The highest BCUT2D eigenvalue weighted by molar-refractivity contribution is 8.00. The lowest BCUT2D eigenvalue weighted by molar-refractivity contribution is -0.129. The Bertz CT molecular complexity index is 1110. The van der Waals surface area contributed by atoms with Gasteiger partial charge in [0.05, 0.1) is 11.3 Å². The predicted molar refractivity (Wildman–Crippen MR) is 137 cm³/mol. The van der Waals surface area contributed by atoms with Crippen molar-refractivity contribution in [3.8, 4) is 10.4 Å². The van der Waals surface area contributed by atoms with E-state index in [1.54, 1.807) is 41.0 Å². The summed E-state index contributed by atoms with van der Waals surface area (Å²) >= 11 is 3.47. The van der Waals surface area contributed by atoms with Crippen molar-refractivity contribution in [3.05, 3.63) is 71.4 Å². The van der Waals surface area contributed by atoms with Gasteiger partial charge in [0, 0.05) is 40.8 Å². The van der Waals surface area contributed by atoms with Crippen molar-refractivity contribution in [1.29, 1.82) is 0 Å². The molecule has 0 aliphatic carbocycles. The maximum Gasteiger partial charge on any atom is 0.245 e. The van der Waals surface area contributed by atoms with Gasteiger partial charge in [-0.1, -0.05) is 24.6 Å². The number of benzene rings is 1. The number of hydrogen-bond acceptors (Lipinski definition) is 7. The second-order valence-electron chi connectivity index (χ2n) is 8.27. The largest absolute Gasteiger partial charge is 0.325 e. The summed E-state index contributed by atoms with van der Waals surface area (Å²) in [7, 11) is 0. The molecule has 0 radical (unpaired) electrons. The van der Waals surface area contributed by atoms with E-state index in [1.807, 2.05) is 36.4 Å². The monoisotopic (exact) mass is 496 g/mol. The van der Waals surface area contributed by atoms with Gasteiger partial charge in [-0.15, -0.1) is 23.1 Å². The average molecular weight is 497 g/mol. The fourth-order valence-electron chi connectivity index (χ4n) is 4.09. The van der Waals surface area contributed by atoms with E-state index < -0.39 is 0 Å². The number of hydrogen-bond donors (Lipinski definition) is 4. The standard InChI is InChI=1S/C25H28N4O3S2/c30-23(29-32)14-25(10-1-2-12-33-25)22-9-8-21(34-22)19-6-3-7-20(13-19)28-24(31)17-27-16-18-5-4-11-26-15-18/h3-9,11,13,15,27,32H,1-2,10,12,14,16-17H2,(H,28,31)(H,29,30)/t25-/m0/s1. The van der Waals surface area contributed by atoms with Crippen molar-refractivity contribution in [2.24, 2.45) is 0 Å². The highest BCUT2D eigenvalue weighted by Crippen LogP contribution is 2.50. The summed E-state index contributed by atoms with van der Waals surface area (Å²) in [5.74, 6) is 0.536. The zero-order valence-electron chi connectivity index (χ0n) is 18.8. The molecule has 0 unspecified atom stereocenters. The van der Waals surface area contributed by atoms with Crippen molar-refractivity contribution in [2.45, 2.75) is 37.0 Å². The Morgan fingerprint density at radius 2 is 2.00 bits per heavy atom. The van der Waals surface area contributed by atoms with E-state index in [2.05, 4.69) is 27.8 Å². The molecule has 1 aromatic carbocycles. The molecule has 0 saturated carbocycles. The SMILES string of the molecule is O=C(C[C@]1(c2ccc(-c3cccc(NC(=O)CNCc4cccnc4)c3)s2)CCCCS1)NO. The van der Waals surface area contributed by atoms with Crippen LogP contribution in [0.3, 0.4) is 0 Å². The van der Waals surface area contributed by atoms with Crippen LogP contribution in [-0.2, 0) is 20.9 Å². The van der Waals surface area contributed by atoms with Gasteiger partial charge < -0.3 is 10.6 Å². The van der Waals surface area contributed by atoms with Gasteiger partial charge in [0.25, 0.3) is 0 Å². The number of nitrogens with zero attached hydrogens (tertiary/aromatic N) is 1. The van der Waals surface area contributed by atoms with Gasteiger partial charge in [-0.3, -0.25) is 19.8 Å². The van der Waals surface area contributed by atoms with Gasteiger partial charge in [-0.05, 0) is 60.1 Å². The smallest absolute Gasteiger partial charge is 0.245 e. The first-order chi connectivity index (χ1) is 16.6. The number of nitrogens with one attached hydrogen (secondary N) is 3. The molecular formula is C25H28N4O3S2. The Morgan fingerprint density at radius 1 is 1.09 bits per heavy atom. The molecule has 34 heavy (non-hydrogen) atoms. The minimum absolute atomic E-state index is 0.111. The number of carbonyl (C=O) groups is 2. The number of pyridine rings is 1. The molecule has 9 heteroatoms. The van der Waals surface area contributed by atoms with Crippen LogP contribution < -0.4 is 16.1 Å². The first-order valence-corrected chi connectivity index (χ1v) is 13.1. The minimum Gasteiger partial charge on any atom is -0.325 e. The van der Waals surface area contributed by atoms with Crippen LogP contribution >= 0.6 is 23.1 Å². The number of anilines is 1. The molecule has 4 N–H and O–H groups in total. The summed E-state index contributed by atoms with van der Waals surface area (Å²) < 4.78 is -0.306. The van der Waals surface area contributed by atoms with E-state index in [9.17, 15) is 9.59 Å². The topological polar surface area (TPSA) is 103 Å². The fourth-order valence-corrected chi connectivity index (χ4v) is 6.98. The molecule has 3 aromatic rings. The van der Waals surface area contributed by atoms with Crippen molar-refractivity contribution in [2.75, 3.05) is 17.6 Å². The highest BCUT2D eigenvalue weighted by Gasteiger charge is 2.38. The van der Waals surface area contributed by atoms with Crippen LogP contribution in [0.1, 0.15) is 36.1 Å². The first kappa shape index (κ1) is 24.4. The molecule has 1 fully saturated rings. The van der Waals surface area contributed by atoms with Gasteiger partial charge in [0.1, 0.15) is 0 Å². The molecule has 4 rings (SSSR count). The lowest BCUT2D eigenvalue weighted by atomic mass is 9.94. The lowest BCUT2D eigenvalue weighted by Crippen LogP contribution is -2.32. The van der Waals surface area contributed by atoms with Gasteiger partial charge in [-0.25, -0.2) is 5.48 Å². The van der Waals surface area contributed by atoms with Gasteiger partial charge in [0.2, 0.25) is 11.8 Å². The van der Waals surface area contributed by atoms with E-state index in [4.69, 9.17) is 5.21 Å². The molecule has 0 bridgehead atoms. The average Bonchev–Trinajstić information content (AvgIpc) is 3.37. The van der Waals surface area contributed by atoms with Crippen LogP contribution in [0.5, 0.6) is 0 Å². The van der Waals surface area contributed by atoms with Gasteiger partial charge >= 0.3 is 0 Å². The number of rotatable bonds is 9. The summed E-state index contributed by atoms with van der Waals surface area (Å²) in [6.45, 7) is 0.780. The number of amides is 2. The molecule has 1 atom stereocenters. The van der Waals surface area contributed by atoms with Crippen LogP contribution in [0.25, 0.3) is 10.4 Å². The Balaban J connectivity index is 1.41. The maximum atomic E-state index is 12.4. The van der Waals surface area contributed by atoms with Crippen molar-refractivity contribution >= 4 is 40.6 Å². The van der Waals surface area contributed by atoms with E-state index in [1.165, 1.54) is 0 Å². The number of thiophene rings is 1. The second kappa shape index (κ2) is 11.6. The van der Waals surface area contributed by atoms with Crippen LogP contribution in [-0.4, -0.2) is 34.3 Å². The maximum absolute atomic E-state index is 12.4. The molecular weight excluding hydrogens is 468 g/mol. The first-order valence-electron chi connectivity index (χ1n) is 11.3. The molecule has 0 spiro atoms. The third-order valence-electron chi connectivity index (χ3n) is 5.75. The quantitative estimate of drug-likeness (QED) is 0.256. The summed E-state index contributed by atoms with van der Waals surface area (Å²) in [5.41, 5.74) is 4.57. The molecule has 2 aromatic heterocycles. The summed E-state index contributed by atoms with van der Waals surface area (Å²) in [6.07, 6.45) is 6.87. The molecule has 178 valence electrons. The summed E-state index contributed by atoms with van der Waals surface area (Å²) in [5, 5.41) is 15.2. The Kier molecular flexibility index (Phi) is 8.34. The van der Waals surface area contributed by atoms with E-state index in [-0.39, 0.29) is 29.5 Å². The predicted octanol–water partition coefficient (Wildman–Crippen LogP) is 4.55. The molecule has 1 aliphatic rings. The molecule has 1 saturated heterocycles. The summed E-state index contributed by atoms with van der Waals surface area (Å²) in [4.78, 5) is 30.7. The van der Waals surface area contributed by atoms with Crippen molar-refractivity contribution in [3.63, 3.8) is 0 Å². The molecule has 3 heterocycles. The second-order valence-corrected chi connectivity index (χ2v) is 10.8. The van der Waals surface area contributed by atoms with E-state index in [0.29, 0.717) is 6.54 Å². The van der Waals surface area contributed by atoms with E-state index >= 15 is 0 Å². The molecule has 2 amide bonds. The molecule has 7 nitrogen and oxygen atoms in total. The molecule has 1 aliphatic heterocycles. The zero-order chi connectivity index (χ0) is 23.8. The normalized spacial score (nSPS) is 17.8. The van der Waals surface area contributed by atoms with Gasteiger partial charge in [-0.2, -0.15) is 0 Å². The Hall–Kier alpha value is -2.72. The fraction of sp³-hybridized carbons (Fsp3) is 0.320. The summed E-state index contributed by atoms with van der Waals surface area (Å²) in [6, 6.07) is 15.8. The number of carbonyl (C=O) groups excluding carboxylic acids is 2. The van der Waals surface area contributed by atoms with Crippen LogP contribution in [0.15, 0.2) is 60.9 Å². The third-order valence-corrected chi connectivity index (χ3v) is 8.83. The van der Waals surface area contributed by atoms with E-state index in [0.717, 1.165) is 51.6 Å². The third kappa shape index (κ3) is 6.24. The van der Waals surface area contributed by atoms with Gasteiger partial charge in [0.15, 0.2) is 0 Å². The Labute approximate surface area is 207 Å².